The number of rotatable bonds is 7. The molecule has 1 amide bonds. The van der Waals surface area contributed by atoms with Crippen LogP contribution in [0.1, 0.15) is 43.5 Å². The summed E-state index contributed by atoms with van der Waals surface area (Å²) in [7, 11) is 1.52. The van der Waals surface area contributed by atoms with E-state index in [9.17, 15) is 19.2 Å². The molecule has 3 N–H and O–H groups in total. The van der Waals surface area contributed by atoms with E-state index in [1.807, 2.05) is 4.90 Å². The Morgan fingerprint density at radius 2 is 1.97 bits per heavy atom. The second-order valence-corrected chi connectivity index (χ2v) is 9.05. The van der Waals surface area contributed by atoms with Crippen LogP contribution in [0.3, 0.4) is 0 Å². The predicted molar refractivity (Wildman–Crippen MR) is 142 cm³/mol. The van der Waals surface area contributed by atoms with Crippen molar-refractivity contribution in [2.24, 2.45) is 12.8 Å². The summed E-state index contributed by atoms with van der Waals surface area (Å²) in [5.74, 6) is 5.62. The Morgan fingerprint density at radius 1 is 1.22 bits per heavy atom. The third-order valence-electron chi connectivity index (χ3n) is 6.49. The molecule has 194 valence electrons. The fourth-order valence-electron chi connectivity index (χ4n) is 4.54. The molecule has 3 heterocycles. The van der Waals surface area contributed by atoms with Gasteiger partial charge in [0.15, 0.2) is 16.9 Å². The van der Waals surface area contributed by atoms with Gasteiger partial charge in [-0.05, 0) is 31.9 Å². The number of aromatic nitrogens is 4. The number of benzene rings is 1. The SMILES string of the molecule is CC#CCn1c(N2CCC[C@H](N)C2)nc2c1c(=O)n(CC(=O)c1ccccc1NC(=O)CC)c(=O)n2C. The van der Waals surface area contributed by atoms with Crippen LogP contribution < -0.4 is 27.2 Å². The zero-order valence-corrected chi connectivity index (χ0v) is 21.3. The van der Waals surface area contributed by atoms with Gasteiger partial charge in [-0.2, -0.15) is 4.98 Å². The van der Waals surface area contributed by atoms with Gasteiger partial charge in [-0.1, -0.05) is 25.0 Å². The number of anilines is 2. The minimum atomic E-state index is -0.658. The highest BCUT2D eigenvalue weighted by Gasteiger charge is 2.27. The van der Waals surface area contributed by atoms with Crippen LogP contribution in [-0.2, 0) is 24.9 Å². The molecule has 4 rings (SSSR count). The smallest absolute Gasteiger partial charge is 0.332 e. The van der Waals surface area contributed by atoms with E-state index in [1.165, 1.54) is 11.6 Å². The number of piperidine rings is 1. The molecule has 0 bridgehead atoms. The number of imidazole rings is 1. The van der Waals surface area contributed by atoms with Crippen LogP contribution in [0, 0.1) is 11.8 Å². The molecule has 0 spiro atoms. The van der Waals surface area contributed by atoms with Gasteiger partial charge in [-0.3, -0.25) is 28.1 Å². The minimum Gasteiger partial charge on any atom is -0.341 e. The first-order valence-corrected chi connectivity index (χ1v) is 12.3. The zero-order valence-electron chi connectivity index (χ0n) is 21.3. The number of fused-ring (bicyclic) bond motifs is 1. The normalized spacial score (nSPS) is 15.4. The number of hydrogen-bond donors (Lipinski definition) is 2. The van der Waals surface area contributed by atoms with Gasteiger partial charge in [0.25, 0.3) is 5.56 Å². The molecule has 1 aliphatic heterocycles. The Bertz CT molecular complexity index is 1540. The number of nitrogens with one attached hydrogen (secondary N) is 1. The Kier molecular flexibility index (Phi) is 7.59. The van der Waals surface area contributed by atoms with E-state index in [0.29, 0.717) is 18.2 Å². The third-order valence-corrected chi connectivity index (χ3v) is 6.49. The van der Waals surface area contributed by atoms with Crippen molar-refractivity contribution in [1.29, 1.82) is 0 Å². The molecule has 3 aromatic rings. The molecule has 0 radical (unpaired) electrons. The van der Waals surface area contributed by atoms with E-state index in [-0.39, 0.29) is 41.6 Å². The molecule has 0 saturated carbocycles. The van der Waals surface area contributed by atoms with Gasteiger partial charge in [0.2, 0.25) is 11.9 Å². The molecule has 1 aliphatic rings. The highest BCUT2D eigenvalue weighted by atomic mass is 16.2. The van der Waals surface area contributed by atoms with Crippen LogP contribution in [0.2, 0.25) is 0 Å². The first-order chi connectivity index (χ1) is 17.8. The fourth-order valence-corrected chi connectivity index (χ4v) is 4.54. The van der Waals surface area contributed by atoms with Gasteiger partial charge < -0.3 is 16.0 Å². The van der Waals surface area contributed by atoms with E-state index in [2.05, 4.69) is 22.1 Å². The van der Waals surface area contributed by atoms with Gasteiger partial charge in [-0.25, -0.2) is 4.79 Å². The molecule has 37 heavy (non-hydrogen) atoms. The maximum Gasteiger partial charge on any atom is 0.332 e. The van der Waals surface area contributed by atoms with Gasteiger partial charge >= 0.3 is 5.69 Å². The fraction of sp³-hybridized carbons (Fsp3) is 0.423. The first kappa shape index (κ1) is 25.9. The number of nitrogens with zero attached hydrogens (tertiary/aromatic N) is 5. The second-order valence-electron chi connectivity index (χ2n) is 9.05. The molecule has 1 saturated heterocycles. The molecule has 0 unspecified atom stereocenters. The van der Waals surface area contributed by atoms with E-state index in [0.717, 1.165) is 24.0 Å². The van der Waals surface area contributed by atoms with Crippen LogP contribution in [0.5, 0.6) is 0 Å². The van der Waals surface area contributed by atoms with Gasteiger partial charge in [-0.15, -0.1) is 5.92 Å². The monoisotopic (exact) mass is 505 g/mol. The minimum absolute atomic E-state index is 0.0226. The molecule has 11 nitrogen and oxygen atoms in total. The number of carbonyl (C=O) groups is 2. The maximum absolute atomic E-state index is 13.7. The van der Waals surface area contributed by atoms with Crippen molar-refractivity contribution in [3.05, 3.63) is 50.7 Å². The Labute approximate surface area is 213 Å². The summed E-state index contributed by atoms with van der Waals surface area (Å²) in [6.07, 6.45) is 2.03. The van der Waals surface area contributed by atoms with Crippen molar-refractivity contribution in [2.75, 3.05) is 23.3 Å². The summed E-state index contributed by atoms with van der Waals surface area (Å²) in [4.78, 5) is 58.8. The molecule has 1 aromatic carbocycles. The standard InChI is InChI=1S/C26H31N7O4/c1-4-6-14-32-22-23(29-25(32)31-13-9-10-17(27)15-31)30(3)26(37)33(24(22)36)16-20(34)18-11-7-8-12-19(18)28-21(35)5-2/h7-8,11-12,17H,5,9-10,13-16,27H2,1-3H3,(H,28,35)/t17-/m0/s1. The van der Waals surface area contributed by atoms with Crippen molar-refractivity contribution in [2.45, 2.75) is 52.2 Å². The van der Waals surface area contributed by atoms with Crippen molar-refractivity contribution >= 4 is 34.5 Å². The molecule has 1 atom stereocenters. The van der Waals surface area contributed by atoms with Gasteiger partial charge in [0.1, 0.15) is 0 Å². The van der Waals surface area contributed by atoms with E-state index in [4.69, 9.17) is 5.73 Å². The van der Waals surface area contributed by atoms with E-state index < -0.39 is 23.6 Å². The Hall–Kier alpha value is -4.17. The summed E-state index contributed by atoms with van der Waals surface area (Å²) in [5, 5.41) is 2.70. The van der Waals surface area contributed by atoms with Crippen LogP contribution in [0.15, 0.2) is 33.9 Å². The number of para-hydroxylation sites is 1. The Balaban J connectivity index is 1.83. The quantitative estimate of drug-likeness (QED) is 0.362. The van der Waals surface area contributed by atoms with Crippen LogP contribution in [0.25, 0.3) is 11.2 Å². The number of hydrogen-bond acceptors (Lipinski definition) is 7. The molecule has 2 aromatic heterocycles. The highest BCUT2D eigenvalue weighted by molar-refractivity contribution is 6.04. The third kappa shape index (κ3) is 5.06. The molecule has 11 heteroatoms. The largest absolute Gasteiger partial charge is 0.341 e. The van der Waals surface area contributed by atoms with Crippen molar-refractivity contribution in [1.82, 2.24) is 18.7 Å². The lowest BCUT2D eigenvalue weighted by atomic mass is 10.1. The summed E-state index contributed by atoms with van der Waals surface area (Å²) in [6.45, 7) is 4.41. The van der Waals surface area contributed by atoms with E-state index >= 15 is 0 Å². The summed E-state index contributed by atoms with van der Waals surface area (Å²) in [6, 6.07) is 6.50. The topological polar surface area (TPSA) is 137 Å². The molecule has 0 aliphatic carbocycles. The predicted octanol–water partition coefficient (Wildman–Crippen LogP) is 1.08. The van der Waals surface area contributed by atoms with Crippen LogP contribution in [0.4, 0.5) is 11.6 Å². The van der Waals surface area contributed by atoms with Gasteiger partial charge in [0, 0.05) is 38.2 Å². The van der Waals surface area contributed by atoms with Crippen LogP contribution >= 0.6 is 0 Å². The lowest BCUT2D eigenvalue weighted by Crippen LogP contribution is -2.44. The van der Waals surface area contributed by atoms with Gasteiger partial charge in [0.05, 0.1) is 18.8 Å². The summed E-state index contributed by atoms with van der Waals surface area (Å²) < 4.78 is 3.88. The number of ketones is 1. The number of amides is 1. The summed E-state index contributed by atoms with van der Waals surface area (Å²) >= 11 is 0. The number of carbonyl (C=O) groups excluding carboxylic acids is 2. The van der Waals surface area contributed by atoms with E-state index in [1.54, 1.807) is 42.7 Å². The highest BCUT2D eigenvalue weighted by Crippen LogP contribution is 2.23. The summed E-state index contributed by atoms with van der Waals surface area (Å²) in [5.41, 5.74) is 5.86. The maximum atomic E-state index is 13.7. The lowest BCUT2D eigenvalue weighted by Gasteiger charge is -2.31. The number of aryl methyl sites for hydroxylation is 1. The number of Topliss-reactive ketones (excluding diaryl/α,β-unsaturated/α-hetero) is 1. The molecule has 1 fully saturated rings. The van der Waals surface area contributed by atoms with Crippen molar-refractivity contribution in [3.8, 4) is 11.8 Å². The lowest BCUT2D eigenvalue weighted by molar-refractivity contribution is -0.115. The van der Waals surface area contributed by atoms with Crippen LogP contribution in [-0.4, -0.2) is 49.5 Å². The zero-order chi connectivity index (χ0) is 26.7. The first-order valence-electron chi connectivity index (χ1n) is 12.3. The molecular formula is C26H31N7O4. The second kappa shape index (κ2) is 10.8. The van der Waals surface area contributed by atoms with Crippen molar-refractivity contribution in [3.63, 3.8) is 0 Å². The Morgan fingerprint density at radius 3 is 2.68 bits per heavy atom. The number of nitrogens with two attached hydrogens (primary N) is 1. The molecular weight excluding hydrogens is 474 g/mol. The average molecular weight is 506 g/mol. The average Bonchev–Trinajstić information content (AvgIpc) is 3.28. The van der Waals surface area contributed by atoms with Crippen molar-refractivity contribution < 1.29 is 9.59 Å².